The second-order valence-electron chi connectivity index (χ2n) is 5.41. The van der Waals surface area contributed by atoms with E-state index in [9.17, 15) is 14.7 Å². The largest absolute Gasteiger partial charge is 0.480 e. The van der Waals surface area contributed by atoms with E-state index in [0.717, 1.165) is 31.2 Å². The Morgan fingerprint density at radius 2 is 1.85 bits per heavy atom. The van der Waals surface area contributed by atoms with Crippen LogP contribution in [-0.4, -0.2) is 23.0 Å². The molecule has 0 saturated heterocycles. The van der Waals surface area contributed by atoms with Gasteiger partial charge in [0, 0.05) is 5.92 Å². The van der Waals surface area contributed by atoms with Crippen molar-refractivity contribution < 1.29 is 14.7 Å². The molecule has 2 N–H and O–H groups in total. The number of aryl methyl sites for hydroxylation is 1. The first kappa shape index (κ1) is 14.6. The van der Waals surface area contributed by atoms with Gasteiger partial charge in [0.15, 0.2) is 0 Å². The van der Waals surface area contributed by atoms with E-state index in [-0.39, 0.29) is 11.8 Å². The van der Waals surface area contributed by atoms with Crippen molar-refractivity contribution in [1.29, 1.82) is 0 Å². The van der Waals surface area contributed by atoms with Crippen LogP contribution in [-0.2, 0) is 16.0 Å². The highest BCUT2D eigenvalue weighted by Gasteiger charge is 2.27. The van der Waals surface area contributed by atoms with Gasteiger partial charge in [-0.2, -0.15) is 0 Å². The summed E-state index contributed by atoms with van der Waals surface area (Å²) in [7, 11) is 0. The first-order chi connectivity index (χ1) is 9.66. The van der Waals surface area contributed by atoms with Gasteiger partial charge in [-0.25, -0.2) is 4.79 Å². The highest BCUT2D eigenvalue weighted by Crippen LogP contribution is 2.24. The maximum atomic E-state index is 12.0. The number of nitrogens with one attached hydrogen (secondary N) is 1. The molecule has 1 aliphatic rings. The Balaban J connectivity index is 1.87. The number of hydrogen-bond acceptors (Lipinski definition) is 2. The van der Waals surface area contributed by atoms with Gasteiger partial charge in [-0.3, -0.25) is 4.79 Å². The Kier molecular flexibility index (Phi) is 5.16. The normalized spacial score (nSPS) is 16.8. The molecule has 1 atom stereocenters. The van der Waals surface area contributed by atoms with Crippen LogP contribution in [0.3, 0.4) is 0 Å². The molecule has 1 saturated carbocycles. The molecule has 1 aliphatic carbocycles. The molecule has 1 amide bonds. The van der Waals surface area contributed by atoms with E-state index in [1.807, 2.05) is 30.3 Å². The van der Waals surface area contributed by atoms with Crippen molar-refractivity contribution in [3.63, 3.8) is 0 Å². The second-order valence-corrected chi connectivity index (χ2v) is 5.41. The highest BCUT2D eigenvalue weighted by atomic mass is 16.4. The van der Waals surface area contributed by atoms with E-state index in [0.29, 0.717) is 12.8 Å². The van der Waals surface area contributed by atoms with Crippen molar-refractivity contribution in [3.8, 4) is 0 Å². The monoisotopic (exact) mass is 275 g/mol. The van der Waals surface area contributed by atoms with Crippen molar-refractivity contribution in [3.05, 3.63) is 35.9 Å². The van der Waals surface area contributed by atoms with Gasteiger partial charge in [0.2, 0.25) is 5.91 Å². The molecular formula is C16H21NO3. The first-order valence-electron chi connectivity index (χ1n) is 7.24. The molecular weight excluding hydrogens is 254 g/mol. The van der Waals surface area contributed by atoms with Crippen molar-refractivity contribution in [2.24, 2.45) is 5.92 Å². The summed E-state index contributed by atoms with van der Waals surface area (Å²) in [6.07, 6.45) is 4.99. The van der Waals surface area contributed by atoms with E-state index >= 15 is 0 Å². The minimum atomic E-state index is -0.952. The molecule has 2 rings (SSSR count). The zero-order chi connectivity index (χ0) is 14.4. The molecule has 0 aliphatic heterocycles. The summed E-state index contributed by atoms with van der Waals surface area (Å²) in [4.78, 5) is 23.3. The fraction of sp³-hybridized carbons (Fsp3) is 0.500. The number of carboxylic acid groups (broad SMARTS) is 1. The smallest absolute Gasteiger partial charge is 0.326 e. The van der Waals surface area contributed by atoms with E-state index in [4.69, 9.17) is 0 Å². The van der Waals surface area contributed by atoms with Gasteiger partial charge in [0.25, 0.3) is 0 Å². The molecule has 0 heterocycles. The molecule has 0 spiro atoms. The average molecular weight is 275 g/mol. The van der Waals surface area contributed by atoms with E-state index in [1.54, 1.807) is 0 Å². The predicted molar refractivity (Wildman–Crippen MR) is 76.3 cm³/mol. The predicted octanol–water partition coefficient (Wildman–Crippen LogP) is 2.38. The van der Waals surface area contributed by atoms with Gasteiger partial charge in [-0.05, 0) is 31.2 Å². The van der Waals surface area contributed by atoms with E-state index in [2.05, 4.69) is 5.32 Å². The number of benzene rings is 1. The molecule has 1 aromatic rings. The summed E-state index contributed by atoms with van der Waals surface area (Å²) in [6.45, 7) is 0. The molecule has 1 aromatic carbocycles. The minimum Gasteiger partial charge on any atom is -0.480 e. The fourth-order valence-electron chi connectivity index (χ4n) is 2.69. The van der Waals surface area contributed by atoms with Crippen molar-refractivity contribution >= 4 is 11.9 Å². The summed E-state index contributed by atoms with van der Waals surface area (Å²) < 4.78 is 0. The quantitative estimate of drug-likeness (QED) is 0.837. The number of aliphatic carboxylic acids is 1. The molecule has 0 unspecified atom stereocenters. The van der Waals surface area contributed by atoms with Crippen LogP contribution in [0.2, 0.25) is 0 Å². The van der Waals surface area contributed by atoms with Crippen LogP contribution in [0.5, 0.6) is 0 Å². The lowest BCUT2D eigenvalue weighted by atomic mass is 10.0. The van der Waals surface area contributed by atoms with Crippen LogP contribution >= 0.6 is 0 Å². The SMILES string of the molecule is O=C(N[C@@H](CCc1ccccc1)C(=O)O)C1CCCC1. The number of carbonyl (C=O) groups excluding carboxylic acids is 1. The first-order valence-corrected chi connectivity index (χ1v) is 7.24. The molecule has 4 heteroatoms. The lowest BCUT2D eigenvalue weighted by Crippen LogP contribution is -2.43. The maximum absolute atomic E-state index is 12.0. The topological polar surface area (TPSA) is 66.4 Å². The summed E-state index contributed by atoms with van der Waals surface area (Å²) in [5, 5.41) is 11.9. The van der Waals surface area contributed by atoms with Crippen LogP contribution in [0.25, 0.3) is 0 Å². The Labute approximate surface area is 119 Å². The van der Waals surface area contributed by atoms with E-state index < -0.39 is 12.0 Å². The average Bonchev–Trinajstić information content (AvgIpc) is 2.98. The van der Waals surface area contributed by atoms with Crippen LogP contribution in [0.1, 0.15) is 37.7 Å². The number of amides is 1. The Morgan fingerprint density at radius 3 is 2.45 bits per heavy atom. The lowest BCUT2D eigenvalue weighted by molar-refractivity contribution is -0.142. The fourth-order valence-corrected chi connectivity index (χ4v) is 2.69. The van der Waals surface area contributed by atoms with E-state index in [1.165, 1.54) is 0 Å². The molecule has 1 fully saturated rings. The third kappa shape index (κ3) is 4.08. The maximum Gasteiger partial charge on any atom is 0.326 e. The number of carbonyl (C=O) groups is 2. The van der Waals surface area contributed by atoms with Gasteiger partial charge in [0.1, 0.15) is 6.04 Å². The lowest BCUT2D eigenvalue weighted by Gasteiger charge is -2.17. The van der Waals surface area contributed by atoms with Crippen LogP contribution in [0.15, 0.2) is 30.3 Å². The Hall–Kier alpha value is -1.84. The second kappa shape index (κ2) is 7.08. The zero-order valence-electron chi connectivity index (χ0n) is 11.5. The summed E-state index contributed by atoms with van der Waals surface area (Å²) in [5.74, 6) is -1.04. The Bertz CT molecular complexity index is 452. The third-order valence-corrected chi connectivity index (χ3v) is 3.91. The van der Waals surface area contributed by atoms with Crippen molar-refractivity contribution in [1.82, 2.24) is 5.32 Å². The van der Waals surface area contributed by atoms with Gasteiger partial charge in [0.05, 0.1) is 0 Å². The Morgan fingerprint density at radius 1 is 1.20 bits per heavy atom. The zero-order valence-corrected chi connectivity index (χ0v) is 11.5. The standard InChI is InChI=1S/C16H21NO3/c18-15(13-8-4-5-9-13)17-14(16(19)20)11-10-12-6-2-1-3-7-12/h1-3,6-7,13-14H,4-5,8-11H2,(H,17,18)(H,19,20)/t14-/m0/s1. The summed E-state index contributed by atoms with van der Waals surface area (Å²) in [6, 6.07) is 8.95. The van der Waals surface area contributed by atoms with Gasteiger partial charge < -0.3 is 10.4 Å². The van der Waals surface area contributed by atoms with Gasteiger partial charge in [-0.15, -0.1) is 0 Å². The number of hydrogen-bond donors (Lipinski definition) is 2. The molecule has 0 radical (unpaired) electrons. The van der Waals surface area contributed by atoms with Crippen LogP contribution < -0.4 is 5.32 Å². The third-order valence-electron chi connectivity index (χ3n) is 3.91. The summed E-state index contributed by atoms with van der Waals surface area (Å²) >= 11 is 0. The molecule has 108 valence electrons. The summed E-state index contributed by atoms with van der Waals surface area (Å²) in [5.41, 5.74) is 1.09. The molecule has 4 nitrogen and oxygen atoms in total. The van der Waals surface area contributed by atoms with Crippen molar-refractivity contribution in [2.75, 3.05) is 0 Å². The highest BCUT2D eigenvalue weighted by molar-refractivity contribution is 5.85. The van der Waals surface area contributed by atoms with Crippen LogP contribution in [0, 0.1) is 5.92 Å². The number of rotatable bonds is 6. The van der Waals surface area contributed by atoms with Crippen LogP contribution in [0.4, 0.5) is 0 Å². The molecule has 0 aromatic heterocycles. The number of carboxylic acids is 1. The van der Waals surface area contributed by atoms with Gasteiger partial charge >= 0.3 is 5.97 Å². The molecule has 0 bridgehead atoms. The molecule has 20 heavy (non-hydrogen) atoms. The van der Waals surface area contributed by atoms with Crippen molar-refractivity contribution in [2.45, 2.75) is 44.6 Å². The minimum absolute atomic E-state index is 0.00794. The van der Waals surface area contributed by atoms with Gasteiger partial charge in [-0.1, -0.05) is 43.2 Å².